The van der Waals surface area contributed by atoms with Crippen LogP contribution < -0.4 is 11.2 Å². The molecule has 1 aromatic heterocycles. The highest BCUT2D eigenvalue weighted by atomic mass is 16.2. The summed E-state index contributed by atoms with van der Waals surface area (Å²) in [6.07, 6.45) is 11.6. The molecule has 1 aliphatic carbocycles. The number of fused-ring (bicyclic) bond motifs is 1. The van der Waals surface area contributed by atoms with Crippen molar-refractivity contribution in [1.82, 2.24) is 14.0 Å². The van der Waals surface area contributed by atoms with Gasteiger partial charge in [0.25, 0.3) is 5.56 Å². The van der Waals surface area contributed by atoms with Crippen LogP contribution in [0.25, 0.3) is 6.08 Å². The SMILES string of the molecule is Cn1cc(/C=C\C(=O)N2CCC[C@@H]3CCCC[C@H]32)c(=O)n(C)c1=O. The lowest BCUT2D eigenvalue weighted by Gasteiger charge is -2.43. The van der Waals surface area contributed by atoms with Crippen molar-refractivity contribution >= 4 is 12.0 Å². The predicted octanol–water partition coefficient (Wildman–Crippen LogP) is 1.28. The zero-order valence-electron chi connectivity index (χ0n) is 14.4. The Balaban J connectivity index is 1.80. The third-order valence-corrected chi connectivity index (χ3v) is 5.40. The van der Waals surface area contributed by atoms with Crippen molar-refractivity contribution in [1.29, 1.82) is 0 Å². The summed E-state index contributed by atoms with van der Waals surface area (Å²) in [5.41, 5.74) is -0.397. The molecule has 0 bridgehead atoms. The minimum atomic E-state index is -0.378. The molecule has 1 amide bonds. The fourth-order valence-corrected chi connectivity index (χ4v) is 4.11. The predicted molar refractivity (Wildman–Crippen MR) is 92.7 cm³/mol. The van der Waals surface area contributed by atoms with Crippen molar-refractivity contribution in [3.8, 4) is 0 Å². The lowest BCUT2D eigenvalue weighted by Crippen LogP contribution is -2.49. The monoisotopic (exact) mass is 331 g/mol. The van der Waals surface area contributed by atoms with Crippen LogP contribution in [-0.4, -0.2) is 32.5 Å². The van der Waals surface area contributed by atoms with Gasteiger partial charge in [-0.25, -0.2) is 4.79 Å². The molecule has 1 saturated carbocycles. The molecule has 3 rings (SSSR count). The molecule has 0 unspecified atom stereocenters. The van der Waals surface area contributed by atoms with E-state index < -0.39 is 0 Å². The molecule has 1 aliphatic heterocycles. The van der Waals surface area contributed by atoms with E-state index in [1.807, 2.05) is 4.90 Å². The van der Waals surface area contributed by atoms with Crippen LogP contribution in [0.3, 0.4) is 0 Å². The Morgan fingerprint density at radius 3 is 2.62 bits per heavy atom. The topological polar surface area (TPSA) is 64.3 Å². The molecular weight excluding hydrogens is 306 g/mol. The number of aryl methyl sites for hydroxylation is 1. The van der Waals surface area contributed by atoms with Crippen LogP contribution in [0.4, 0.5) is 0 Å². The molecule has 1 aromatic rings. The summed E-state index contributed by atoms with van der Waals surface area (Å²) in [6.45, 7) is 0.801. The summed E-state index contributed by atoms with van der Waals surface area (Å²) in [6, 6.07) is 0.354. The average molecular weight is 331 g/mol. The number of hydrogen-bond donors (Lipinski definition) is 0. The van der Waals surface area contributed by atoms with E-state index in [2.05, 4.69) is 0 Å². The summed E-state index contributed by atoms with van der Waals surface area (Å²) in [5, 5.41) is 0. The molecule has 0 radical (unpaired) electrons. The number of carbonyl (C=O) groups excluding carboxylic acids is 1. The molecule has 2 heterocycles. The number of rotatable bonds is 2. The molecular formula is C18H25N3O3. The normalized spacial score (nSPS) is 24.2. The number of aromatic nitrogens is 2. The van der Waals surface area contributed by atoms with E-state index >= 15 is 0 Å². The van der Waals surface area contributed by atoms with Gasteiger partial charge < -0.3 is 9.47 Å². The summed E-state index contributed by atoms with van der Waals surface area (Å²) >= 11 is 0. The number of amides is 1. The van der Waals surface area contributed by atoms with E-state index in [0.29, 0.717) is 17.5 Å². The lowest BCUT2D eigenvalue weighted by molar-refractivity contribution is -0.132. The van der Waals surface area contributed by atoms with Gasteiger partial charge in [0.05, 0.1) is 5.56 Å². The van der Waals surface area contributed by atoms with Gasteiger partial charge in [-0.05, 0) is 37.7 Å². The first kappa shape index (κ1) is 16.7. The summed E-state index contributed by atoms with van der Waals surface area (Å²) in [4.78, 5) is 38.5. The number of carbonyl (C=O) groups is 1. The third-order valence-electron chi connectivity index (χ3n) is 5.40. The lowest BCUT2D eigenvalue weighted by atomic mass is 9.78. The van der Waals surface area contributed by atoms with Crippen LogP contribution in [0.15, 0.2) is 21.9 Å². The third kappa shape index (κ3) is 3.09. The Morgan fingerprint density at radius 1 is 1.12 bits per heavy atom. The first-order chi connectivity index (χ1) is 11.5. The van der Waals surface area contributed by atoms with E-state index in [0.717, 1.165) is 24.0 Å². The molecule has 0 N–H and O–H groups in total. The van der Waals surface area contributed by atoms with Crippen LogP contribution in [0, 0.1) is 5.92 Å². The van der Waals surface area contributed by atoms with Gasteiger partial charge in [0.15, 0.2) is 0 Å². The van der Waals surface area contributed by atoms with Crippen LogP contribution >= 0.6 is 0 Å². The highest BCUT2D eigenvalue weighted by Crippen LogP contribution is 2.35. The number of nitrogens with zero attached hydrogens (tertiary/aromatic N) is 3. The van der Waals surface area contributed by atoms with Gasteiger partial charge in [0.1, 0.15) is 0 Å². The fourth-order valence-electron chi connectivity index (χ4n) is 4.11. The van der Waals surface area contributed by atoms with Crippen LogP contribution in [0.5, 0.6) is 0 Å². The summed E-state index contributed by atoms with van der Waals surface area (Å²) in [5.74, 6) is 0.609. The Kier molecular flexibility index (Phi) is 4.73. The first-order valence-electron chi connectivity index (χ1n) is 8.74. The Labute approximate surface area is 141 Å². The minimum absolute atomic E-state index is 0.0255. The van der Waals surface area contributed by atoms with Gasteiger partial charge in [-0.3, -0.25) is 14.2 Å². The van der Waals surface area contributed by atoms with Crippen molar-refractivity contribution in [3.63, 3.8) is 0 Å². The summed E-state index contributed by atoms with van der Waals surface area (Å²) in [7, 11) is 3.04. The molecule has 2 atom stereocenters. The second-order valence-corrected chi connectivity index (χ2v) is 6.96. The smallest absolute Gasteiger partial charge is 0.330 e. The zero-order valence-corrected chi connectivity index (χ0v) is 14.4. The maximum Gasteiger partial charge on any atom is 0.330 e. The van der Waals surface area contributed by atoms with Crippen LogP contribution in [-0.2, 0) is 18.9 Å². The first-order valence-corrected chi connectivity index (χ1v) is 8.74. The van der Waals surface area contributed by atoms with Crippen LogP contribution in [0.2, 0.25) is 0 Å². The highest BCUT2D eigenvalue weighted by Gasteiger charge is 2.34. The standard InChI is InChI=1S/C18H25N3O3/c1-19-12-14(17(23)20(2)18(19)24)9-10-16(22)21-11-5-7-13-6-3-4-8-15(13)21/h9-10,12-13,15H,3-8,11H2,1-2H3/b10-9-/t13-,15+/m0/s1. The van der Waals surface area contributed by atoms with E-state index in [-0.39, 0.29) is 17.2 Å². The maximum atomic E-state index is 12.6. The fraction of sp³-hybridized carbons (Fsp3) is 0.611. The number of likely N-dealkylation sites (tertiary alicyclic amines) is 1. The molecule has 0 aromatic carbocycles. The molecule has 6 heteroatoms. The number of hydrogen-bond acceptors (Lipinski definition) is 3. The minimum Gasteiger partial charge on any atom is -0.336 e. The van der Waals surface area contributed by atoms with E-state index in [9.17, 15) is 14.4 Å². The molecule has 2 aliphatic rings. The van der Waals surface area contributed by atoms with E-state index in [1.165, 1.54) is 55.6 Å². The Morgan fingerprint density at radius 2 is 1.83 bits per heavy atom. The van der Waals surface area contributed by atoms with Crippen molar-refractivity contribution in [2.75, 3.05) is 6.54 Å². The van der Waals surface area contributed by atoms with E-state index in [1.54, 1.807) is 7.05 Å². The van der Waals surface area contributed by atoms with Crippen LogP contribution in [0.1, 0.15) is 44.1 Å². The summed E-state index contributed by atoms with van der Waals surface area (Å²) < 4.78 is 2.41. The second-order valence-electron chi connectivity index (χ2n) is 6.96. The van der Waals surface area contributed by atoms with Gasteiger partial charge >= 0.3 is 5.69 Å². The quantitative estimate of drug-likeness (QED) is 0.767. The highest BCUT2D eigenvalue weighted by molar-refractivity contribution is 5.92. The molecule has 24 heavy (non-hydrogen) atoms. The second kappa shape index (κ2) is 6.79. The van der Waals surface area contributed by atoms with Crippen molar-refractivity contribution in [3.05, 3.63) is 38.7 Å². The van der Waals surface area contributed by atoms with Gasteiger partial charge in [0.2, 0.25) is 5.91 Å². The van der Waals surface area contributed by atoms with Gasteiger partial charge in [-0.2, -0.15) is 0 Å². The van der Waals surface area contributed by atoms with Gasteiger partial charge in [0, 0.05) is 39.0 Å². The number of piperidine rings is 1. The zero-order chi connectivity index (χ0) is 17.3. The Bertz CT molecular complexity index is 773. The van der Waals surface area contributed by atoms with Crippen molar-refractivity contribution in [2.24, 2.45) is 20.0 Å². The average Bonchev–Trinajstić information content (AvgIpc) is 2.61. The molecule has 130 valence electrons. The largest absolute Gasteiger partial charge is 0.336 e. The molecule has 2 fully saturated rings. The Hall–Kier alpha value is -2.11. The van der Waals surface area contributed by atoms with Crippen molar-refractivity contribution in [2.45, 2.75) is 44.6 Å². The van der Waals surface area contributed by atoms with Gasteiger partial charge in [-0.15, -0.1) is 0 Å². The van der Waals surface area contributed by atoms with E-state index in [4.69, 9.17) is 0 Å². The molecule has 0 spiro atoms. The van der Waals surface area contributed by atoms with Gasteiger partial charge in [-0.1, -0.05) is 12.8 Å². The molecule has 1 saturated heterocycles. The van der Waals surface area contributed by atoms with Crippen molar-refractivity contribution < 1.29 is 4.79 Å². The maximum absolute atomic E-state index is 12.6. The molecule has 6 nitrogen and oxygen atoms in total.